The topological polar surface area (TPSA) is 126 Å². The van der Waals surface area contributed by atoms with Gasteiger partial charge in [-0.25, -0.2) is 0 Å². The minimum Gasteiger partial charge on any atom is -0.756 e. The molecular weight excluding hydrogens is 361 g/mol. The Morgan fingerprint density at radius 2 is 1.75 bits per heavy atom. The predicted octanol–water partition coefficient (Wildman–Crippen LogP) is 1.10. The maximum atomic E-state index is 11.0. The summed E-state index contributed by atoms with van der Waals surface area (Å²) in [4.78, 5) is 21.5. The molecule has 12 heteroatoms. The number of unbranched alkanes of at least 4 members (excludes halogenated alkanes) is 1. The van der Waals surface area contributed by atoms with E-state index >= 15 is 0 Å². The minimum absolute atomic E-state index is 0.213. The Morgan fingerprint density at radius 1 is 1.17 bits per heavy atom. The van der Waals surface area contributed by atoms with Gasteiger partial charge in [0.05, 0.1) is 18.8 Å². The number of hydrogen-bond acceptors (Lipinski definition) is 9. The van der Waals surface area contributed by atoms with Crippen molar-refractivity contribution in [1.82, 2.24) is 0 Å². The van der Waals surface area contributed by atoms with Gasteiger partial charge in [0.25, 0.3) is 15.6 Å². The Balaban J connectivity index is 0.000000470. The SMILES string of the molecule is CCCCOP(=O)([O-])OC.[B][C@H]1C[C@@H](OP(=O)([O-])OC)[C@@H](CC)O1. The van der Waals surface area contributed by atoms with Crippen molar-refractivity contribution in [3.8, 4) is 0 Å². The number of rotatable bonds is 9. The maximum absolute atomic E-state index is 11.0. The van der Waals surface area contributed by atoms with Gasteiger partial charge in [-0.15, -0.1) is 0 Å². The molecule has 0 aromatic heterocycles. The van der Waals surface area contributed by atoms with Gasteiger partial charge in [-0.05, 0) is 19.3 Å². The molecule has 1 saturated heterocycles. The maximum Gasteiger partial charge on any atom is 0.267 e. The van der Waals surface area contributed by atoms with E-state index in [0.29, 0.717) is 12.8 Å². The van der Waals surface area contributed by atoms with E-state index in [1.165, 1.54) is 0 Å². The van der Waals surface area contributed by atoms with E-state index in [1.54, 1.807) is 0 Å². The molecule has 2 radical (unpaired) electrons. The van der Waals surface area contributed by atoms with Crippen molar-refractivity contribution in [2.24, 2.45) is 0 Å². The predicted molar refractivity (Wildman–Crippen MR) is 84.3 cm³/mol. The summed E-state index contributed by atoms with van der Waals surface area (Å²) in [6.07, 6.45) is 1.86. The van der Waals surface area contributed by atoms with Crippen LogP contribution in [0.1, 0.15) is 39.5 Å². The van der Waals surface area contributed by atoms with Crippen molar-refractivity contribution in [1.29, 1.82) is 0 Å². The van der Waals surface area contributed by atoms with Crippen molar-refractivity contribution in [3.05, 3.63) is 0 Å². The molecule has 1 aliphatic heterocycles. The first-order chi connectivity index (χ1) is 11.1. The molecule has 24 heavy (non-hydrogen) atoms. The van der Waals surface area contributed by atoms with Crippen molar-refractivity contribution in [3.63, 3.8) is 0 Å². The van der Waals surface area contributed by atoms with Crippen molar-refractivity contribution < 1.29 is 41.7 Å². The van der Waals surface area contributed by atoms with Gasteiger partial charge in [0.1, 0.15) is 7.85 Å². The van der Waals surface area contributed by atoms with Crippen LogP contribution in [0.2, 0.25) is 0 Å². The number of phosphoric ester groups is 2. The molecule has 0 bridgehead atoms. The number of hydrogen-bond donors (Lipinski definition) is 0. The summed E-state index contributed by atoms with van der Waals surface area (Å²) in [6.45, 7) is 4.04. The molecule has 0 aromatic carbocycles. The summed E-state index contributed by atoms with van der Waals surface area (Å²) in [6, 6.07) is -0.457. The fraction of sp³-hybridized carbons (Fsp3) is 1.00. The zero-order valence-electron chi connectivity index (χ0n) is 14.4. The van der Waals surface area contributed by atoms with Gasteiger partial charge in [-0.2, -0.15) is 0 Å². The highest BCUT2D eigenvalue weighted by Gasteiger charge is 2.34. The summed E-state index contributed by atoms with van der Waals surface area (Å²) >= 11 is 0. The quantitative estimate of drug-likeness (QED) is 0.325. The minimum atomic E-state index is -4.19. The molecule has 1 heterocycles. The summed E-state index contributed by atoms with van der Waals surface area (Å²) in [5, 5.41) is 0. The van der Waals surface area contributed by atoms with Gasteiger partial charge in [0, 0.05) is 20.2 Å². The summed E-state index contributed by atoms with van der Waals surface area (Å²) < 4.78 is 44.2. The number of phosphoric acid groups is 2. The average molecular weight is 386 g/mol. The van der Waals surface area contributed by atoms with Crippen LogP contribution in [-0.2, 0) is 32.0 Å². The molecule has 1 rings (SSSR count). The zero-order valence-corrected chi connectivity index (χ0v) is 16.2. The monoisotopic (exact) mass is 386 g/mol. The third-order valence-electron chi connectivity index (χ3n) is 3.09. The van der Waals surface area contributed by atoms with E-state index in [9.17, 15) is 18.9 Å². The van der Waals surface area contributed by atoms with Crippen molar-refractivity contribution >= 4 is 23.5 Å². The molecule has 2 unspecified atom stereocenters. The van der Waals surface area contributed by atoms with Crippen LogP contribution in [-0.4, -0.2) is 46.9 Å². The van der Waals surface area contributed by atoms with Gasteiger partial charge in [0.2, 0.25) is 0 Å². The van der Waals surface area contributed by atoms with Crippen LogP contribution < -0.4 is 9.79 Å². The van der Waals surface area contributed by atoms with Crippen molar-refractivity contribution in [2.45, 2.75) is 57.7 Å². The van der Waals surface area contributed by atoms with Gasteiger partial charge in [0.15, 0.2) is 0 Å². The Labute approximate surface area is 144 Å². The lowest BCUT2D eigenvalue weighted by atomic mass is 9.96. The van der Waals surface area contributed by atoms with Crippen LogP contribution >= 0.6 is 15.6 Å². The highest BCUT2D eigenvalue weighted by atomic mass is 31.2. The summed E-state index contributed by atoms with van der Waals surface area (Å²) in [7, 11) is -0.479. The largest absolute Gasteiger partial charge is 0.756 e. The first-order valence-corrected chi connectivity index (χ1v) is 10.5. The summed E-state index contributed by atoms with van der Waals surface area (Å²) in [5.41, 5.74) is 0. The Morgan fingerprint density at radius 3 is 2.21 bits per heavy atom. The molecular formula is C12H25BO9P2-2. The molecule has 0 N–H and O–H groups in total. The fourth-order valence-electron chi connectivity index (χ4n) is 1.80. The third-order valence-corrected chi connectivity index (χ3v) is 5.01. The first-order valence-electron chi connectivity index (χ1n) is 7.58. The van der Waals surface area contributed by atoms with E-state index in [2.05, 4.69) is 13.6 Å². The lowest BCUT2D eigenvalue weighted by Crippen LogP contribution is -2.25. The molecule has 1 aliphatic rings. The molecule has 0 amide bonds. The normalized spacial score (nSPS) is 28.5. The van der Waals surface area contributed by atoms with Crippen LogP contribution in [0.4, 0.5) is 0 Å². The lowest BCUT2D eigenvalue weighted by molar-refractivity contribution is -0.228. The Bertz CT molecular complexity index is 437. The molecule has 142 valence electrons. The van der Waals surface area contributed by atoms with Crippen LogP contribution in [0.25, 0.3) is 0 Å². The van der Waals surface area contributed by atoms with Gasteiger partial charge < -0.3 is 32.6 Å². The zero-order chi connectivity index (χ0) is 18.8. The second-order valence-electron chi connectivity index (χ2n) is 4.95. The lowest BCUT2D eigenvalue weighted by Gasteiger charge is -2.26. The van der Waals surface area contributed by atoms with Crippen LogP contribution in [0, 0.1) is 0 Å². The molecule has 0 aliphatic carbocycles. The molecule has 9 nitrogen and oxygen atoms in total. The highest BCUT2D eigenvalue weighted by Crippen LogP contribution is 2.42. The highest BCUT2D eigenvalue weighted by molar-refractivity contribution is 7.46. The fourth-order valence-corrected chi connectivity index (χ4v) is 2.90. The van der Waals surface area contributed by atoms with E-state index in [1.807, 2.05) is 13.8 Å². The second kappa shape index (κ2) is 11.8. The first kappa shape index (κ1) is 24.2. The van der Waals surface area contributed by atoms with E-state index in [4.69, 9.17) is 17.1 Å². The van der Waals surface area contributed by atoms with Crippen LogP contribution in [0.5, 0.6) is 0 Å². The molecule has 0 spiro atoms. The third kappa shape index (κ3) is 10.3. The standard InChI is InChI=1S/C7H14BO5P.C5H13O4P/c1-3-5-6(4-7(8)12-5)13-14(9,10)11-2;1-3-4-5-9-10(6,7)8-2/h5-7H,3-4H2,1-2H3,(H,9,10);3-5H2,1-2H3,(H,6,7)/p-2/t5-,6-,7-;/m1./s1. The van der Waals surface area contributed by atoms with Gasteiger partial charge in [-0.3, -0.25) is 9.13 Å². The van der Waals surface area contributed by atoms with E-state index in [0.717, 1.165) is 27.1 Å². The van der Waals surface area contributed by atoms with Crippen LogP contribution in [0.3, 0.4) is 0 Å². The van der Waals surface area contributed by atoms with Gasteiger partial charge in [-0.1, -0.05) is 20.3 Å². The van der Waals surface area contributed by atoms with Crippen LogP contribution in [0.15, 0.2) is 0 Å². The second-order valence-corrected chi connectivity index (χ2v) is 7.94. The molecule has 5 atom stereocenters. The van der Waals surface area contributed by atoms with E-state index in [-0.39, 0.29) is 12.7 Å². The molecule has 0 saturated carbocycles. The molecule has 0 aromatic rings. The van der Waals surface area contributed by atoms with Gasteiger partial charge >= 0.3 is 0 Å². The van der Waals surface area contributed by atoms with E-state index < -0.39 is 27.8 Å². The summed E-state index contributed by atoms with van der Waals surface area (Å²) in [5.74, 6) is 0. The number of ether oxygens (including phenoxy) is 1. The Kier molecular flexibility index (Phi) is 11.9. The van der Waals surface area contributed by atoms with Crippen molar-refractivity contribution in [2.75, 3.05) is 20.8 Å². The molecule has 1 fully saturated rings. The Hall–Kier alpha value is 0.245. The average Bonchev–Trinajstić information content (AvgIpc) is 2.87. The smallest absolute Gasteiger partial charge is 0.267 e.